The SMILES string of the molecule is CC(C)(C)OC(=O)NCc1cccc(NCc2cncs2)c1. The molecule has 0 atom stereocenters. The zero-order valence-corrected chi connectivity index (χ0v) is 13.9. The highest BCUT2D eigenvalue weighted by molar-refractivity contribution is 7.09. The van der Waals surface area contributed by atoms with E-state index in [1.54, 1.807) is 11.3 Å². The van der Waals surface area contributed by atoms with E-state index in [1.165, 1.54) is 4.88 Å². The Kier molecular flexibility index (Phi) is 5.38. The third-order valence-corrected chi connectivity index (χ3v) is 3.49. The van der Waals surface area contributed by atoms with Gasteiger partial charge < -0.3 is 15.4 Å². The van der Waals surface area contributed by atoms with Crippen molar-refractivity contribution in [1.29, 1.82) is 0 Å². The molecule has 6 heteroatoms. The minimum atomic E-state index is -0.484. The molecule has 2 aromatic rings. The van der Waals surface area contributed by atoms with Crippen LogP contribution in [0.2, 0.25) is 0 Å². The van der Waals surface area contributed by atoms with Crippen LogP contribution in [0, 0.1) is 0 Å². The summed E-state index contributed by atoms with van der Waals surface area (Å²) in [6.45, 7) is 6.71. The molecule has 1 aromatic heterocycles. The second kappa shape index (κ2) is 7.26. The normalized spacial score (nSPS) is 11.0. The first-order valence-corrected chi connectivity index (χ1v) is 7.97. The second-order valence-electron chi connectivity index (χ2n) is 5.88. The van der Waals surface area contributed by atoms with Crippen LogP contribution in [0.4, 0.5) is 10.5 Å². The standard InChI is InChI=1S/C16H21N3O2S/c1-16(2,3)21-15(20)19-8-12-5-4-6-13(7-12)18-10-14-9-17-11-22-14/h4-7,9,11,18H,8,10H2,1-3H3,(H,19,20). The number of nitrogens with one attached hydrogen (secondary N) is 2. The van der Waals surface area contributed by atoms with Crippen molar-refractivity contribution in [3.05, 3.63) is 46.4 Å². The molecule has 0 saturated heterocycles. The smallest absolute Gasteiger partial charge is 0.407 e. The Balaban J connectivity index is 1.84. The molecule has 0 radical (unpaired) electrons. The molecule has 0 saturated carbocycles. The lowest BCUT2D eigenvalue weighted by molar-refractivity contribution is 0.0523. The molecule has 0 aliphatic heterocycles. The van der Waals surface area contributed by atoms with Crippen LogP contribution in [-0.2, 0) is 17.8 Å². The second-order valence-corrected chi connectivity index (χ2v) is 6.85. The quantitative estimate of drug-likeness (QED) is 0.880. The summed E-state index contributed by atoms with van der Waals surface area (Å²) in [5.74, 6) is 0. The first-order chi connectivity index (χ1) is 10.4. The number of carbonyl (C=O) groups excluding carboxylic acids is 1. The number of ether oxygens (including phenoxy) is 1. The average Bonchev–Trinajstić information content (AvgIpc) is 2.95. The van der Waals surface area contributed by atoms with Gasteiger partial charge in [0.15, 0.2) is 0 Å². The number of nitrogens with zero attached hydrogens (tertiary/aromatic N) is 1. The highest BCUT2D eigenvalue weighted by Crippen LogP contribution is 2.14. The number of thiazole rings is 1. The van der Waals surface area contributed by atoms with Gasteiger partial charge in [-0.25, -0.2) is 4.79 Å². The number of hydrogen-bond donors (Lipinski definition) is 2. The van der Waals surface area contributed by atoms with Crippen molar-refractivity contribution in [2.45, 2.75) is 39.5 Å². The third-order valence-electron chi connectivity index (χ3n) is 2.71. The minimum absolute atomic E-state index is 0.407. The van der Waals surface area contributed by atoms with Gasteiger partial charge in [-0.05, 0) is 38.5 Å². The fourth-order valence-corrected chi connectivity index (χ4v) is 2.33. The fourth-order valence-electron chi connectivity index (χ4n) is 1.80. The number of benzene rings is 1. The van der Waals surface area contributed by atoms with Gasteiger partial charge in [-0.15, -0.1) is 11.3 Å². The van der Waals surface area contributed by atoms with Crippen molar-refractivity contribution in [1.82, 2.24) is 10.3 Å². The van der Waals surface area contributed by atoms with Crippen molar-refractivity contribution in [3.63, 3.8) is 0 Å². The van der Waals surface area contributed by atoms with Gasteiger partial charge in [0.2, 0.25) is 0 Å². The first-order valence-electron chi connectivity index (χ1n) is 7.09. The van der Waals surface area contributed by atoms with E-state index in [9.17, 15) is 4.79 Å². The van der Waals surface area contributed by atoms with Gasteiger partial charge >= 0.3 is 6.09 Å². The van der Waals surface area contributed by atoms with Gasteiger partial charge in [-0.3, -0.25) is 4.98 Å². The summed E-state index contributed by atoms with van der Waals surface area (Å²) in [7, 11) is 0. The fraction of sp³-hybridized carbons (Fsp3) is 0.375. The van der Waals surface area contributed by atoms with Gasteiger partial charge in [0.1, 0.15) is 5.60 Å². The molecular formula is C16H21N3O2S. The summed E-state index contributed by atoms with van der Waals surface area (Å²) in [5, 5.41) is 6.10. The van der Waals surface area contributed by atoms with Gasteiger partial charge in [-0.1, -0.05) is 12.1 Å². The molecule has 0 aliphatic carbocycles. The summed E-state index contributed by atoms with van der Waals surface area (Å²) in [4.78, 5) is 16.9. The van der Waals surface area contributed by atoms with E-state index < -0.39 is 11.7 Å². The van der Waals surface area contributed by atoms with Crippen molar-refractivity contribution < 1.29 is 9.53 Å². The lowest BCUT2D eigenvalue weighted by Crippen LogP contribution is -2.32. The number of anilines is 1. The Morgan fingerprint density at radius 1 is 1.32 bits per heavy atom. The number of carbonyl (C=O) groups is 1. The van der Waals surface area contributed by atoms with E-state index in [2.05, 4.69) is 15.6 Å². The molecule has 0 aliphatic rings. The van der Waals surface area contributed by atoms with E-state index in [1.807, 2.05) is 56.7 Å². The third kappa shape index (κ3) is 5.73. The molecular weight excluding hydrogens is 298 g/mol. The van der Waals surface area contributed by atoms with Crippen molar-refractivity contribution in [2.24, 2.45) is 0 Å². The van der Waals surface area contributed by atoms with Crippen LogP contribution in [0.1, 0.15) is 31.2 Å². The van der Waals surface area contributed by atoms with Crippen LogP contribution in [0.3, 0.4) is 0 Å². The predicted octanol–water partition coefficient (Wildman–Crippen LogP) is 3.78. The lowest BCUT2D eigenvalue weighted by Gasteiger charge is -2.19. The molecule has 5 nitrogen and oxygen atoms in total. The van der Waals surface area contributed by atoms with Crippen molar-refractivity contribution in [2.75, 3.05) is 5.32 Å². The van der Waals surface area contributed by atoms with Crippen LogP contribution in [0.5, 0.6) is 0 Å². The molecule has 0 bridgehead atoms. The number of aromatic nitrogens is 1. The first kappa shape index (κ1) is 16.3. The molecule has 2 rings (SSSR count). The van der Waals surface area contributed by atoms with Crippen LogP contribution < -0.4 is 10.6 Å². The predicted molar refractivity (Wildman–Crippen MR) is 89.0 cm³/mol. The molecule has 22 heavy (non-hydrogen) atoms. The number of amides is 1. The van der Waals surface area contributed by atoms with E-state index in [0.717, 1.165) is 17.8 Å². The molecule has 2 N–H and O–H groups in total. The molecule has 0 spiro atoms. The van der Waals surface area contributed by atoms with E-state index in [-0.39, 0.29) is 0 Å². The maximum atomic E-state index is 11.6. The molecule has 1 aromatic carbocycles. The zero-order valence-electron chi connectivity index (χ0n) is 13.1. The summed E-state index contributed by atoms with van der Waals surface area (Å²) >= 11 is 1.62. The maximum absolute atomic E-state index is 11.6. The molecule has 1 heterocycles. The van der Waals surface area contributed by atoms with Crippen LogP contribution in [0.15, 0.2) is 36.0 Å². The van der Waals surface area contributed by atoms with Gasteiger partial charge in [0.05, 0.1) is 12.1 Å². The zero-order chi connectivity index (χ0) is 16.0. The van der Waals surface area contributed by atoms with E-state index in [0.29, 0.717) is 6.54 Å². The molecule has 0 fully saturated rings. The Labute approximate surface area is 134 Å². The molecule has 0 unspecified atom stereocenters. The number of alkyl carbamates (subject to hydrolysis) is 1. The van der Waals surface area contributed by atoms with Gasteiger partial charge in [0, 0.05) is 23.3 Å². The summed E-state index contributed by atoms with van der Waals surface area (Å²) in [5.41, 5.74) is 3.36. The Bertz CT molecular complexity index is 606. The van der Waals surface area contributed by atoms with Crippen LogP contribution >= 0.6 is 11.3 Å². The number of hydrogen-bond acceptors (Lipinski definition) is 5. The van der Waals surface area contributed by atoms with Crippen molar-refractivity contribution in [3.8, 4) is 0 Å². The monoisotopic (exact) mass is 319 g/mol. The number of rotatable bonds is 5. The molecule has 1 amide bonds. The summed E-state index contributed by atoms with van der Waals surface area (Å²) in [6, 6.07) is 7.94. The largest absolute Gasteiger partial charge is 0.444 e. The minimum Gasteiger partial charge on any atom is -0.444 e. The van der Waals surface area contributed by atoms with Crippen LogP contribution in [0.25, 0.3) is 0 Å². The summed E-state index contributed by atoms with van der Waals surface area (Å²) < 4.78 is 5.21. The highest BCUT2D eigenvalue weighted by atomic mass is 32.1. The molecule has 118 valence electrons. The lowest BCUT2D eigenvalue weighted by atomic mass is 10.2. The maximum Gasteiger partial charge on any atom is 0.407 e. The summed E-state index contributed by atoms with van der Waals surface area (Å²) in [6.07, 6.45) is 1.45. The highest BCUT2D eigenvalue weighted by Gasteiger charge is 2.15. The van der Waals surface area contributed by atoms with Gasteiger partial charge in [-0.2, -0.15) is 0 Å². The topological polar surface area (TPSA) is 63.2 Å². The Morgan fingerprint density at radius 2 is 2.14 bits per heavy atom. The van der Waals surface area contributed by atoms with Crippen molar-refractivity contribution >= 4 is 23.1 Å². The Hall–Kier alpha value is -2.08. The average molecular weight is 319 g/mol. The van der Waals surface area contributed by atoms with E-state index in [4.69, 9.17) is 4.74 Å². The Morgan fingerprint density at radius 3 is 2.82 bits per heavy atom. The van der Waals surface area contributed by atoms with E-state index >= 15 is 0 Å². The van der Waals surface area contributed by atoms with Crippen LogP contribution in [-0.4, -0.2) is 16.7 Å². The van der Waals surface area contributed by atoms with Gasteiger partial charge in [0.25, 0.3) is 0 Å².